The Morgan fingerprint density at radius 2 is 1.93 bits per heavy atom. The number of pyridine rings is 1. The molecular weight excluding hydrogens is 389 g/mol. The Labute approximate surface area is 173 Å². The van der Waals surface area contributed by atoms with Crippen molar-refractivity contribution < 1.29 is 13.2 Å². The number of rotatable bonds is 3. The number of alkyl halides is 3. The molecule has 156 valence electrons. The van der Waals surface area contributed by atoms with E-state index in [1.807, 2.05) is 52.0 Å². The van der Waals surface area contributed by atoms with E-state index in [4.69, 9.17) is 0 Å². The molecule has 0 radical (unpaired) electrons. The summed E-state index contributed by atoms with van der Waals surface area (Å²) in [6.45, 7) is 7.91. The summed E-state index contributed by atoms with van der Waals surface area (Å²) in [4.78, 5) is 13.1. The fourth-order valence-corrected chi connectivity index (χ4v) is 3.76. The molecule has 1 aromatic heterocycles. The van der Waals surface area contributed by atoms with Crippen LogP contribution in [0.5, 0.6) is 0 Å². The summed E-state index contributed by atoms with van der Waals surface area (Å²) in [5.41, 5.74) is 0.422. The minimum absolute atomic E-state index is 0.0932. The molecule has 1 aromatic carbocycles. The second-order valence-electron chi connectivity index (χ2n) is 8.39. The van der Waals surface area contributed by atoms with E-state index in [2.05, 4.69) is 0 Å². The van der Waals surface area contributed by atoms with E-state index in [1.54, 1.807) is 12.2 Å². The zero-order chi connectivity index (χ0) is 22.3. The van der Waals surface area contributed by atoms with Gasteiger partial charge in [-0.05, 0) is 54.0 Å². The first-order valence-electron chi connectivity index (χ1n) is 9.63. The van der Waals surface area contributed by atoms with Gasteiger partial charge in [-0.2, -0.15) is 18.4 Å². The predicted molar refractivity (Wildman–Crippen MR) is 111 cm³/mol. The van der Waals surface area contributed by atoms with Gasteiger partial charge in [0.1, 0.15) is 11.6 Å². The third-order valence-corrected chi connectivity index (χ3v) is 5.58. The number of halogens is 3. The molecule has 0 aliphatic heterocycles. The molecule has 0 saturated heterocycles. The molecule has 1 aliphatic carbocycles. The summed E-state index contributed by atoms with van der Waals surface area (Å²) in [6.07, 6.45) is 1.22. The lowest BCUT2D eigenvalue weighted by Crippen LogP contribution is -2.30. The number of benzene rings is 1. The normalized spacial score (nSPS) is 15.6. The lowest BCUT2D eigenvalue weighted by Gasteiger charge is -2.27. The molecule has 0 spiro atoms. The number of allylic oxidation sites excluding steroid dienone is 4. The van der Waals surface area contributed by atoms with Crippen LogP contribution in [0, 0.1) is 30.6 Å². The van der Waals surface area contributed by atoms with Crippen LogP contribution in [0.4, 0.5) is 13.2 Å². The highest BCUT2D eigenvalue weighted by atomic mass is 19.4. The van der Waals surface area contributed by atoms with Gasteiger partial charge in [0.05, 0.1) is 12.1 Å². The molecule has 0 unspecified atom stereocenters. The molecule has 1 heterocycles. The molecule has 3 rings (SSSR count). The molecule has 30 heavy (non-hydrogen) atoms. The van der Waals surface area contributed by atoms with Gasteiger partial charge in [-0.15, -0.1) is 0 Å². The van der Waals surface area contributed by atoms with Gasteiger partial charge in [-0.1, -0.05) is 50.3 Å². The van der Waals surface area contributed by atoms with E-state index in [0.717, 1.165) is 22.8 Å². The smallest absolute Gasteiger partial charge is 0.303 e. The van der Waals surface area contributed by atoms with Gasteiger partial charge in [-0.3, -0.25) is 4.79 Å². The largest absolute Gasteiger partial charge is 0.417 e. The van der Waals surface area contributed by atoms with Crippen molar-refractivity contribution in [3.05, 3.63) is 86.4 Å². The Hall–Kier alpha value is -3.07. The van der Waals surface area contributed by atoms with Crippen molar-refractivity contribution in [2.75, 3.05) is 0 Å². The summed E-state index contributed by atoms with van der Waals surface area (Å²) in [5.74, 6) is 0. The topological polar surface area (TPSA) is 45.8 Å². The standard InChI is InChI=1S/C24H23F3N2O/c1-15-7-5-8-18(16(15)2)14-29-21(17-9-6-10-23(3,4)12-17)11-20(24(25,26)27)19(13-28)22(29)30/h5-11H,12,14H2,1-4H3. The Morgan fingerprint density at radius 1 is 1.23 bits per heavy atom. The van der Waals surface area contributed by atoms with Crippen LogP contribution in [-0.2, 0) is 12.7 Å². The van der Waals surface area contributed by atoms with E-state index < -0.39 is 22.9 Å². The van der Waals surface area contributed by atoms with Gasteiger partial charge in [0.25, 0.3) is 5.56 Å². The van der Waals surface area contributed by atoms with Crippen molar-refractivity contribution in [3.8, 4) is 6.07 Å². The number of aromatic nitrogens is 1. The second-order valence-corrected chi connectivity index (χ2v) is 8.39. The SMILES string of the molecule is Cc1cccc(Cn2c(C3=CC=CC(C)(C)C3)cc(C(F)(F)F)c(C#N)c2=O)c1C. The van der Waals surface area contributed by atoms with Crippen LogP contribution in [-0.4, -0.2) is 4.57 Å². The molecule has 2 aromatic rings. The first kappa shape index (κ1) is 21.6. The summed E-state index contributed by atoms with van der Waals surface area (Å²) in [6, 6.07) is 8.07. The maximum Gasteiger partial charge on any atom is 0.417 e. The summed E-state index contributed by atoms with van der Waals surface area (Å²) in [5, 5.41) is 9.35. The van der Waals surface area contributed by atoms with Crippen molar-refractivity contribution in [1.29, 1.82) is 5.26 Å². The number of nitriles is 1. The van der Waals surface area contributed by atoms with E-state index >= 15 is 0 Å². The third kappa shape index (κ3) is 4.11. The van der Waals surface area contributed by atoms with E-state index in [1.165, 1.54) is 10.6 Å². The molecule has 0 fully saturated rings. The highest BCUT2D eigenvalue weighted by molar-refractivity contribution is 5.68. The van der Waals surface area contributed by atoms with E-state index in [-0.39, 0.29) is 17.7 Å². The average molecular weight is 412 g/mol. The number of nitrogens with zero attached hydrogens (tertiary/aromatic N) is 2. The summed E-state index contributed by atoms with van der Waals surface area (Å²) < 4.78 is 42.3. The van der Waals surface area contributed by atoms with Crippen LogP contribution in [0.25, 0.3) is 5.57 Å². The highest BCUT2D eigenvalue weighted by Gasteiger charge is 2.37. The van der Waals surface area contributed by atoms with Gasteiger partial charge in [0.15, 0.2) is 0 Å². The summed E-state index contributed by atoms with van der Waals surface area (Å²) in [7, 11) is 0. The zero-order valence-corrected chi connectivity index (χ0v) is 17.4. The quantitative estimate of drug-likeness (QED) is 0.642. The van der Waals surface area contributed by atoms with Crippen LogP contribution >= 0.6 is 0 Å². The fourth-order valence-electron chi connectivity index (χ4n) is 3.76. The molecule has 6 heteroatoms. The minimum atomic E-state index is -4.79. The number of aryl methyl sites for hydroxylation is 1. The van der Waals surface area contributed by atoms with Crippen LogP contribution in [0.15, 0.2) is 47.3 Å². The van der Waals surface area contributed by atoms with Crippen LogP contribution < -0.4 is 5.56 Å². The molecule has 0 saturated carbocycles. The van der Waals surface area contributed by atoms with Crippen molar-refractivity contribution in [2.45, 2.75) is 46.8 Å². The second kappa shape index (κ2) is 7.64. The zero-order valence-electron chi connectivity index (χ0n) is 17.4. The number of hydrogen-bond donors (Lipinski definition) is 0. The maximum absolute atomic E-state index is 13.7. The lowest BCUT2D eigenvalue weighted by atomic mass is 9.80. The highest BCUT2D eigenvalue weighted by Crippen LogP contribution is 2.38. The minimum Gasteiger partial charge on any atom is -0.303 e. The molecular formula is C24H23F3N2O. The molecule has 0 amide bonds. The number of hydrogen-bond acceptors (Lipinski definition) is 2. The third-order valence-electron chi connectivity index (χ3n) is 5.58. The van der Waals surface area contributed by atoms with Crippen molar-refractivity contribution in [2.24, 2.45) is 5.41 Å². The van der Waals surface area contributed by atoms with Crippen LogP contribution in [0.1, 0.15) is 53.8 Å². The van der Waals surface area contributed by atoms with Gasteiger partial charge in [0, 0.05) is 5.69 Å². The first-order chi connectivity index (χ1) is 13.9. The fraction of sp³-hybridized carbons (Fsp3) is 0.333. The first-order valence-corrected chi connectivity index (χ1v) is 9.63. The molecule has 0 bridgehead atoms. The average Bonchev–Trinajstić information content (AvgIpc) is 2.64. The van der Waals surface area contributed by atoms with Gasteiger partial charge >= 0.3 is 6.18 Å². The summed E-state index contributed by atoms with van der Waals surface area (Å²) >= 11 is 0. The predicted octanol–water partition coefficient (Wildman–Crippen LogP) is 5.77. The van der Waals surface area contributed by atoms with Gasteiger partial charge < -0.3 is 4.57 Å². The van der Waals surface area contributed by atoms with Gasteiger partial charge in [0.2, 0.25) is 0 Å². The van der Waals surface area contributed by atoms with E-state index in [0.29, 0.717) is 12.0 Å². The Kier molecular flexibility index (Phi) is 5.51. The Balaban J connectivity index is 2.30. The maximum atomic E-state index is 13.7. The molecule has 1 aliphatic rings. The van der Waals surface area contributed by atoms with Gasteiger partial charge in [-0.25, -0.2) is 0 Å². The monoisotopic (exact) mass is 412 g/mol. The Morgan fingerprint density at radius 3 is 2.53 bits per heavy atom. The van der Waals surface area contributed by atoms with Crippen LogP contribution in [0.3, 0.4) is 0 Å². The van der Waals surface area contributed by atoms with Crippen LogP contribution in [0.2, 0.25) is 0 Å². The molecule has 0 atom stereocenters. The van der Waals surface area contributed by atoms with Crippen molar-refractivity contribution >= 4 is 5.57 Å². The van der Waals surface area contributed by atoms with E-state index in [9.17, 15) is 23.2 Å². The lowest BCUT2D eigenvalue weighted by molar-refractivity contribution is -0.138. The molecule has 3 nitrogen and oxygen atoms in total. The van der Waals surface area contributed by atoms with Crippen molar-refractivity contribution in [1.82, 2.24) is 4.57 Å². The molecule has 0 N–H and O–H groups in total. The van der Waals surface area contributed by atoms with Crippen molar-refractivity contribution in [3.63, 3.8) is 0 Å². The Bertz CT molecular complexity index is 1160.